The standard InChI is InChI=1S/C20H29NO2S/c1-4-6-7-8-9-10-11-12-18-21(17-5-2)24(22,23)20-15-13-19(3)14-16-20/h5,10,12-16H,2,4,6-9,17-18H2,1,3H3. The third-order valence-electron chi connectivity index (χ3n) is 3.72. The van der Waals surface area contributed by atoms with Crippen molar-refractivity contribution in [2.75, 3.05) is 13.1 Å². The van der Waals surface area contributed by atoms with Crippen LogP contribution >= 0.6 is 0 Å². The van der Waals surface area contributed by atoms with E-state index >= 15 is 0 Å². The molecule has 0 N–H and O–H groups in total. The molecule has 0 unspecified atom stereocenters. The third-order valence-corrected chi connectivity index (χ3v) is 5.57. The van der Waals surface area contributed by atoms with Crippen molar-refractivity contribution < 1.29 is 8.42 Å². The van der Waals surface area contributed by atoms with Crippen LogP contribution < -0.4 is 0 Å². The number of aryl methyl sites for hydroxylation is 1. The highest BCUT2D eigenvalue weighted by Crippen LogP contribution is 2.16. The van der Waals surface area contributed by atoms with Gasteiger partial charge >= 0.3 is 0 Å². The smallest absolute Gasteiger partial charge is 0.207 e. The minimum absolute atomic E-state index is 0.283. The zero-order valence-electron chi connectivity index (χ0n) is 14.9. The molecule has 0 fully saturated rings. The molecule has 0 aliphatic rings. The number of hydrogen-bond acceptors (Lipinski definition) is 2. The molecule has 4 heteroatoms. The predicted octanol–water partition coefficient (Wildman–Crippen LogP) is 4.85. The maximum atomic E-state index is 12.7. The molecular formula is C20H29NO2S. The number of unbranched alkanes of at least 4 members (excludes halogenated alkanes) is 4. The van der Waals surface area contributed by atoms with Crippen LogP contribution in [0.5, 0.6) is 0 Å². The summed E-state index contributed by atoms with van der Waals surface area (Å²) < 4.78 is 26.8. The van der Waals surface area contributed by atoms with Crippen LogP contribution in [0.2, 0.25) is 0 Å². The number of rotatable bonds is 11. The van der Waals surface area contributed by atoms with Crippen LogP contribution in [0.3, 0.4) is 0 Å². The summed E-state index contributed by atoms with van der Waals surface area (Å²) >= 11 is 0. The minimum atomic E-state index is -3.51. The highest BCUT2D eigenvalue weighted by Gasteiger charge is 2.22. The maximum Gasteiger partial charge on any atom is 0.243 e. The lowest BCUT2D eigenvalue weighted by molar-refractivity contribution is 0.474. The molecule has 24 heavy (non-hydrogen) atoms. The van der Waals surface area contributed by atoms with Gasteiger partial charge in [-0.2, -0.15) is 4.31 Å². The molecule has 0 spiro atoms. The number of benzene rings is 1. The van der Waals surface area contributed by atoms with Crippen LogP contribution in [0.1, 0.15) is 44.6 Å². The summed E-state index contributed by atoms with van der Waals surface area (Å²) in [5, 5.41) is 0. The SMILES string of the molecule is C=CCN(CC=C=CCCCCCC)S(=O)(=O)c1ccc(C)cc1. The van der Waals surface area contributed by atoms with E-state index in [4.69, 9.17) is 0 Å². The van der Waals surface area contributed by atoms with Gasteiger partial charge in [0.1, 0.15) is 0 Å². The molecule has 0 saturated carbocycles. The molecule has 0 heterocycles. The van der Waals surface area contributed by atoms with E-state index in [9.17, 15) is 8.42 Å². The monoisotopic (exact) mass is 347 g/mol. The van der Waals surface area contributed by atoms with Gasteiger partial charge in [0.05, 0.1) is 4.90 Å². The second kappa shape index (κ2) is 11.0. The van der Waals surface area contributed by atoms with E-state index in [0.717, 1.165) is 18.4 Å². The fourth-order valence-electron chi connectivity index (χ4n) is 2.27. The zero-order valence-corrected chi connectivity index (χ0v) is 15.7. The van der Waals surface area contributed by atoms with E-state index < -0.39 is 10.0 Å². The molecule has 1 aromatic carbocycles. The minimum Gasteiger partial charge on any atom is -0.207 e. The summed E-state index contributed by atoms with van der Waals surface area (Å²) in [7, 11) is -3.51. The van der Waals surface area contributed by atoms with Gasteiger partial charge in [-0.1, -0.05) is 50.0 Å². The summed E-state index contributed by atoms with van der Waals surface area (Å²) in [5.74, 6) is 0. The lowest BCUT2D eigenvalue weighted by Gasteiger charge is -2.18. The lowest BCUT2D eigenvalue weighted by atomic mass is 10.1. The highest BCUT2D eigenvalue weighted by molar-refractivity contribution is 7.89. The molecule has 0 aliphatic heterocycles. The largest absolute Gasteiger partial charge is 0.243 e. The van der Waals surface area contributed by atoms with Crippen molar-refractivity contribution in [1.29, 1.82) is 0 Å². The average molecular weight is 348 g/mol. The van der Waals surface area contributed by atoms with Crippen molar-refractivity contribution in [3.63, 3.8) is 0 Å². The Balaban J connectivity index is 2.70. The van der Waals surface area contributed by atoms with Gasteiger partial charge in [0, 0.05) is 13.1 Å². The van der Waals surface area contributed by atoms with Crippen LogP contribution in [0.4, 0.5) is 0 Å². The van der Waals surface area contributed by atoms with Gasteiger partial charge in [0.15, 0.2) is 0 Å². The van der Waals surface area contributed by atoms with Crippen molar-refractivity contribution in [2.24, 2.45) is 0 Å². The Morgan fingerprint density at radius 2 is 1.79 bits per heavy atom. The van der Waals surface area contributed by atoms with Crippen LogP contribution in [0.15, 0.2) is 59.7 Å². The highest BCUT2D eigenvalue weighted by atomic mass is 32.2. The second-order valence-electron chi connectivity index (χ2n) is 5.85. The van der Waals surface area contributed by atoms with Crippen molar-refractivity contribution in [3.05, 3.63) is 60.4 Å². The Hall–Kier alpha value is -1.61. The fourth-order valence-corrected chi connectivity index (χ4v) is 3.62. The first kappa shape index (κ1) is 20.4. The molecule has 1 rings (SSSR count). The average Bonchev–Trinajstić information content (AvgIpc) is 2.56. The fraction of sp³-hybridized carbons (Fsp3) is 0.450. The van der Waals surface area contributed by atoms with Crippen LogP contribution in [-0.4, -0.2) is 25.8 Å². The molecule has 0 aliphatic carbocycles. The Morgan fingerprint density at radius 1 is 1.08 bits per heavy atom. The van der Waals surface area contributed by atoms with Crippen molar-refractivity contribution in [2.45, 2.75) is 50.8 Å². The van der Waals surface area contributed by atoms with E-state index in [0.29, 0.717) is 11.4 Å². The van der Waals surface area contributed by atoms with E-state index in [2.05, 4.69) is 19.2 Å². The normalized spacial score (nSPS) is 11.1. The quantitative estimate of drug-likeness (QED) is 0.326. The Morgan fingerprint density at radius 3 is 2.42 bits per heavy atom. The predicted molar refractivity (Wildman–Crippen MR) is 102 cm³/mol. The molecule has 3 nitrogen and oxygen atoms in total. The molecule has 0 aromatic heterocycles. The zero-order chi connectivity index (χ0) is 17.8. The summed E-state index contributed by atoms with van der Waals surface area (Å²) in [6.45, 7) is 8.37. The van der Waals surface area contributed by atoms with E-state index in [1.807, 2.05) is 25.1 Å². The van der Waals surface area contributed by atoms with E-state index in [1.54, 1.807) is 24.3 Å². The van der Waals surface area contributed by atoms with Crippen LogP contribution in [-0.2, 0) is 10.0 Å². The maximum absolute atomic E-state index is 12.7. The Labute approximate surface area is 147 Å². The molecule has 0 amide bonds. The van der Waals surface area contributed by atoms with Gasteiger partial charge in [0.25, 0.3) is 0 Å². The summed E-state index contributed by atoms with van der Waals surface area (Å²) in [5.41, 5.74) is 4.13. The third kappa shape index (κ3) is 6.88. The van der Waals surface area contributed by atoms with Crippen molar-refractivity contribution >= 4 is 10.0 Å². The van der Waals surface area contributed by atoms with E-state index in [1.165, 1.54) is 23.6 Å². The van der Waals surface area contributed by atoms with Gasteiger partial charge < -0.3 is 0 Å². The van der Waals surface area contributed by atoms with Crippen molar-refractivity contribution in [1.82, 2.24) is 4.31 Å². The van der Waals surface area contributed by atoms with E-state index in [-0.39, 0.29) is 6.54 Å². The molecule has 0 bridgehead atoms. The summed E-state index contributed by atoms with van der Waals surface area (Å²) in [6, 6.07) is 6.91. The lowest BCUT2D eigenvalue weighted by Crippen LogP contribution is -2.31. The number of nitrogens with zero attached hydrogens (tertiary/aromatic N) is 1. The Kier molecular flexibility index (Phi) is 9.39. The first-order chi connectivity index (χ1) is 11.5. The van der Waals surface area contributed by atoms with Crippen LogP contribution in [0.25, 0.3) is 0 Å². The van der Waals surface area contributed by atoms with Gasteiger partial charge in [-0.05, 0) is 44.1 Å². The second-order valence-corrected chi connectivity index (χ2v) is 7.79. The topological polar surface area (TPSA) is 37.4 Å². The molecule has 132 valence electrons. The molecular weight excluding hydrogens is 318 g/mol. The van der Waals surface area contributed by atoms with Gasteiger partial charge in [-0.25, -0.2) is 8.42 Å². The van der Waals surface area contributed by atoms with Gasteiger partial charge in [-0.15, -0.1) is 12.3 Å². The number of hydrogen-bond donors (Lipinski definition) is 0. The summed E-state index contributed by atoms with van der Waals surface area (Å²) in [6.07, 6.45) is 11.2. The molecule has 0 saturated heterocycles. The molecule has 0 atom stereocenters. The van der Waals surface area contributed by atoms with Crippen LogP contribution in [0, 0.1) is 6.92 Å². The van der Waals surface area contributed by atoms with Gasteiger partial charge in [-0.3, -0.25) is 0 Å². The Bertz CT molecular complexity index is 653. The molecule has 1 aromatic rings. The first-order valence-electron chi connectivity index (χ1n) is 8.59. The van der Waals surface area contributed by atoms with Crippen molar-refractivity contribution in [3.8, 4) is 0 Å². The first-order valence-corrected chi connectivity index (χ1v) is 10.0. The number of sulfonamides is 1. The summed E-state index contributed by atoms with van der Waals surface area (Å²) in [4.78, 5) is 0.312. The van der Waals surface area contributed by atoms with Gasteiger partial charge in [0.2, 0.25) is 10.0 Å². The molecule has 0 radical (unpaired) electrons.